The summed E-state index contributed by atoms with van der Waals surface area (Å²) >= 11 is 0. The van der Waals surface area contributed by atoms with Gasteiger partial charge in [0.05, 0.1) is 0 Å². The first-order chi connectivity index (χ1) is 3.77. The van der Waals surface area contributed by atoms with Crippen molar-refractivity contribution in [3.63, 3.8) is 0 Å². The van der Waals surface area contributed by atoms with Gasteiger partial charge >= 0.3 is 0 Å². The van der Waals surface area contributed by atoms with E-state index in [0.717, 1.165) is 6.42 Å². The molecule has 0 aromatic rings. The van der Waals surface area contributed by atoms with E-state index in [0.29, 0.717) is 0 Å². The average Bonchev–Trinajstić information content (AvgIpc) is 2.17. The predicted octanol–water partition coefficient (Wildman–Crippen LogP) is 0.0999. The summed E-state index contributed by atoms with van der Waals surface area (Å²) in [4.78, 5) is 4.91. The van der Waals surface area contributed by atoms with Crippen LogP contribution in [0.3, 0.4) is 0 Å². The van der Waals surface area contributed by atoms with Crippen molar-refractivity contribution in [1.29, 1.82) is 0 Å². The molecular formula is C5H10N2O. The highest BCUT2D eigenvalue weighted by Gasteiger charge is 2.23. The van der Waals surface area contributed by atoms with Crippen molar-refractivity contribution in [1.82, 2.24) is 5.48 Å². The zero-order valence-electron chi connectivity index (χ0n) is 4.85. The predicted molar refractivity (Wildman–Crippen MR) is 30.6 cm³/mol. The molecule has 1 rings (SSSR count). The van der Waals surface area contributed by atoms with Gasteiger partial charge in [0, 0.05) is 6.20 Å². The van der Waals surface area contributed by atoms with Crippen molar-refractivity contribution in [2.24, 2.45) is 5.73 Å². The Labute approximate surface area is 48.5 Å². The van der Waals surface area contributed by atoms with Gasteiger partial charge in [0.1, 0.15) is 0 Å². The smallest absolute Gasteiger partial charge is 0.164 e. The average molecular weight is 114 g/mol. The van der Waals surface area contributed by atoms with Crippen molar-refractivity contribution in [3.05, 3.63) is 12.3 Å². The first-order valence-corrected chi connectivity index (χ1v) is 2.67. The molecule has 0 fully saturated rings. The third-order valence-electron chi connectivity index (χ3n) is 1.24. The van der Waals surface area contributed by atoms with Crippen LogP contribution >= 0.6 is 0 Å². The van der Waals surface area contributed by atoms with Crippen LogP contribution in [0, 0.1) is 0 Å². The zero-order valence-corrected chi connectivity index (χ0v) is 4.85. The number of hydroxylamine groups is 1. The van der Waals surface area contributed by atoms with Crippen LogP contribution in [0.1, 0.15) is 13.3 Å². The molecule has 1 atom stereocenters. The quantitative estimate of drug-likeness (QED) is 0.508. The van der Waals surface area contributed by atoms with Gasteiger partial charge in [-0.15, -0.1) is 0 Å². The molecule has 0 saturated carbocycles. The Morgan fingerprint density at radius 2 is 2.62 bits per heavy atom. The van der Waals surface area contributed by atoms with Gasteiger partial charge in [-0.2, -0.15) is 0 Å². The summed E-state index contributed by atoms with van der Waals surface area (Å²) in [5.74, 6) is 0. The van der Waals surface area contributed by atoms with E-state index in [1.165, 1.54) is 0 Å². The van der Waals surface area contributed by atoms with Crippen LogP contribution in [0.2, 0.25) is 0 Å². The topological polar surface area (TPSA) is 47.3 Å². The van der Waals surface area contributed by atoms with Gasteiger partial charge in [0.2, 0.25) is 0 Å². The minimum atomic E-state index is -0.556. The van der Waals surface area contributed by atoms with Crippen LogP contribution in [0.15, 0.2) is 12.3 Å². The number of hydrogen-bond acceptors (Lipinski definition) is 3. The maximum atomic E-state index is 5.59. The van der Waals surface area contributed by atoms with E-state index in [4.69, 9.17) is 10.6 Å². The Morgan fingerprint density at radius 3 is 2.88 bits per heavy atom. The summed E-state index contributed by atoms with van der Waals surface area (Å²) in [7, 11) is 0. The minimum absolute atomic E-state index is 0.556. The lowest BCUT2D eigenvalue weighted by atomic mass is 10.2. The van der Waals surface area contributed by atoms with E-state index < -0.39 is 5.72 Å². The maximum Gasteiger partial charge on any atom is 0.164 e. The summed E-state index contributed by atoms with van der Waals surface area (Å²) in [6.07, 6.45) is 4.28. The highest BCUT2D eigenvalue weighted by atomic mass is 16.7. The van der Waals surface area contributed by atoms with Crippen LogP contribution in [-0.2, 0) is 4.84 Å². The summed E-state index contributed by atoms with van der Waals surface area (Å²) in [5, 5.41) is 0. The summed E-state index contributed by atoms with van der Waals surface area (Å²) in [6.45, 7) is 1.97. The minimum Gasteiger partial charge on any atom is -0.298 e. The molecule has 3 heteroatoms. The molecule has 8 heavy (non-hydrogen) atoms. The van der Waals surface area contributed by atoms with E-state index >= 15 is 0 Å². The molecule has 0 radical (unpaired) electrons. The lowest BCUT2D eigenvalue weighted by molar-refractivity contribution is -0.0348. The van der Waals surface area contributed by atoms with E-state index in [-0.39, 0.29) is 0 Å². The second-order valence-electron chi connectivity index (χ2n) is 1.86. The second kappa shape index (κ2) is 1.76. The molecule has 1 aliphatic rings. The molecule has 1 unspecified atom stereocenters. The van der Waals surface area contributed by atoms with Crippen molar-refractivity contribution in [2.45, 2.75) is 19.1 Å². The SMILES string of the molecule is CCC1(N)C=CNO1. The normalized spacial score (nSPS) is 35.2. The standard InChI is InChI=1S/C5H10N2O/c1-2-5(6)3-4-7-8-5/h3-4,7H,2,6H2,1H3. The largest absolute Gasteiger partial charge is 0.298 e. The van der Waals surface area contributed by atoms with Crippen LogP contribution in [-0.4, -0.2) is 5.72 Å². The molecule has 0 saturated heterocycles. The Morgan fingerprint density at radius 1 is 1.88 bits per heavy atom. The summed E-state index contributed by atoms with van der Waals surface area (Å²) in [6, 6.07) is 0. The Hall–Kier alpha value is -0.540. The molecule has 0 spiro atoms. The maximum absolute atomic E-state index is 5.59. The van der Waals surface area contributed by atoms with Gasteiger partial charge < -0.3 is 0 Å². The van der Waals surface area contributed by atoms with Crippen molar-refractivity contribution < 1.29 is 4.84 Å². The van der Waals surface area contributed by atoms with Gasteiger partial charge in [-0.1, -0.05) is 6.92 Å². The molecule has 0 bridgehead atoms. The van der Waals surface area contributed by atoms with E-state index in [1.807, 2.05) is 6.92 Å². The number of rotatable bonds is 1. The molecule has 0 aliphatic carbocycles. The second-order valence-corrected chi connectivity index (χ2v) is 1.86. The van der Waals surface area contributed by atoms with Gasteiger partial charge in [-0.25, -0.2) is 0 Å². The molecule has 1 heterocycles. The van der Waals surface area contributed by atoms with Crippen LogP contribution in [0.25, 0.3) is 0 Å². The fourth-order valence-corrected chi connectivity index (χ4v) is 0.543. The summed E-state index contributed by atoms with van der Waals surface area (Å²) < 4.78 is 0. The van der Waals surface area contributed by atoms with E-state index in [1.54, 1.807) is 12.3 Å². The van der Waals surface area contributed by atoms with Gasteiger partial charge in [-0.3, -0.25) is 16.1 Å². The number of nitrogens with one attached hydrogen (secondary N) is 1. The van der Waals surface area contributed by atoms with E-state index in [9.17, 15) is 0 Å². The number of nitrogens with two attached hydrogens (primary N) is 1. The lowest BCUT2D eigenvalue weighted by Crippen LogP contribution is -2.38. The highest BCUT2D eigenvalue weighted by molar-refractivity contribution is 4.99. The Bertz CT molecular complexity index is 113. The third kappa shape index (κ3) is 0.827. The molecule has 3 nitrogen and oxygen atoms in total. The van der Waals surface area contributed by atoms with Crippen LogP contribution in [0.5, 0.6) is 0 Å². The Kier molecular flexibility index (Phi) is 1.23. The fraction of sp³-hybridized carbons (Fsp3) is 0.600. The Balaban J connectivity index is 2.54. The first kappa shape index (κ1) is 5.59. The van der Waals surface area contributed by atoms with Crippen LogP contribution in [0.4, 0.5) is 0 Å². The number of hydrogen-bond donors (Lipinski definition) is 2. The van der Waals surface area contributed by atoms with Gasteiger partial charge in [0.25, 0.3) is 0 Å². The third-order valence-corrected chi connectivity index (χ3v) is 1.24. The van der Waals surface area contributed by atoms with Crippen molar-refractivity contribution >= 4 is 0 Å². The monoisotopic (exact) mass is 114 g/mol. The molecule has 1 aliphatic heterocycles. The van der Waals surface area contributed by atoms with Gasteiger partial charge in [-0.05, 0) is 12.5 Å². The molecule has 3 N–H and O–H groups in total. The molecular weight excluding hydrogens is 104 g/mol. The lowest BCUT2D eigenvalue weighted by Gasteiger charge is -2.16. The molecule has 0 aromatic heterocycles. The highest BCUT2D eigenvalue weighted by Crippen LogP contribution is 2.11. The zero-order chi connectivity index (χ0) is 6.04. The van der Waals surface area contributed by atoms with Crippen molar-refractivity contribution in [2.75, 3.05) is 0 Å². The van der Waals surface area contributed by atoms with Crippen LogP contribution < -0.4 is 11.2 Å². The van der Waals surface area contributed by atoms with E-state index in [2.05, 4.69) is 5.48 Å². The van der Waals surface area contributed by atoms with Crippen molar-refractivity contribution in [3.8, 4) is 0 Å². The van der Waals surface area contributed by atoms with Gasteiger partial charge in [0.15, 0.2) is 5.72 Å². The first-order valence-electron chi connectivity index (χ1n) is 2.67. The molecule has 46 valence electrons. The summed E-state index contributed by atoms with van der Waals surface area (Å²) in [5.41, 5.74) is 7.59. The fourth-order valence-electron chi connectivity index (χ4n) is 0.543. The molecule has 0 aromatic carbocycles. The molecule has 0 amide bonds.